The Morgan fingerprint density at radius 3 is 2.44 bits per heavy atom. The maximum Gasteiger partial charge on any atom is 0.146 e. The predicted octanol–water partition coefficient (Wildman–Crippen LogP) is 6.69. The first-order valence-corrected chi connectivity index (χ1v) is 11.3. The Labute approximate surface area is 202 Å². The molecule has 2 N–H and O–H groups in total. The van der Waals surface area contributed by atoms with Gasteiger partial charge in [-0.25, -0.2) is 9.38 Å². The molecule has 0 bridgehead atoms. The van der Waals surface area contributed by atoms with Crippen molar-refractivity contribution in [1.29, 1.82) is 0 Å². The van der Waals surface area contributed by atoms with Crippen molar-refractivity contribution >= 4 is 23.4 Å². The highest BCUT2D eigenvalue weighted by Crippen LogP contribution is 2.27. The summed E-state index contributed by atoms with van der Waals surface area (Å²) in [7, 11) is 1.65. The summed E-state index contributed by atoms with van der Waals surface area (Å²) in [4.78, 5) is 11.5. The van der Waals surface area contributed by atoms with Crippen LogP contribution in [0.5, 0.6) is 0 Å². The second kappa shape index (κ2) is 9.57. The van der Waals surface area contributed by atoms with E-state index in [0.717, 1.165) is 51.6 Å². The lowest BCUT2D eigenvalue weighted by atomic mass is 10.0. The highest BCUT2D eigenvalue weighted by molar-refractivity contribution is 6.30. The summed E-state index contributed by atoms with van der Waals surface area (Å²) in [5.74, 6) is 0.469. The van der Waals surface area contributed by atoms with Gasteiger partial charge in [-0.1, -0.05) is 35.9 Å². The fraction of sp³-hybridized carbons (Fsp3) is 0.107. The smallest absolute Gasteiger partial charge is 0.146 e. The Bertz CT molecular complexity index is 1380. The van der Waals surface area contributed by atoms with Gasteiger partial charge in [0.15, 0.2) is 0 Å². The summed E-state index contributed by atoms with van der Waals surface area (Å²) in [5.41, 5.74) is 7.82. The topological polar surface area (TPSA) is 53.2 Å². The van der Waals surface area contributed by atoms with Crippen LogP contribution >= 0.6 is 11.6 Å². The summed E-state index contributed by atoms with van der Waals surface area (Å²) < 4.78 is 18.9. The summed E-state index contributed by atoms with van der Waals surface area (Å²) in [6.45, 7) is 0. The van der Waals surface area contributed by atoms with Gasteiger partial charge in [0.2, 0.25) is 0 Å². The highest BCUT2D eigenvalue weighted by atomic mass is 35.5. The van der Waals surface area contributed by atoms with Gasteiger partial charge in [0.05, 0.1) is 18.5 Å². The average Bonchev–Trinajstić information content (AvgIpc) is 3.58. The Kier molecular flexibility index (Phi) is 6.19. The molecule has 170 valence electrons. The monoisotopic (exact) mass is 471 g/mol. The quantitative estimate of drug-likeness (QED) is 0.310. The number of allylic oxidation sites excluding steroid dienone is 1. The molecule has 2 aromatic heterocycles. The largest absolute Gasteiger partial charge is 0.494 e. The van der Waals surface area contributed by atoms with E-state index in [1.807, 2.05) is 66.9 Å². The van der Waals surface area contributed by atoms with Gasteiger partial charge in [-0.15, -0.1) is 0 Å². The number of nitrogens with one attached hydrogen (secondary N) is 2. The van der Waals surface area contributed by atoms with E-state index >= 15 is 0 Å². The number of rotatable bonds is 7. The van der Waals surface area contributed by atoms with Crippen LogP contribution in [-0.2, 0) is 17.6 Å². The third kappa shape index (κ3) is 4.90. The van der Waals surface area contributed by atoms with Crippen LogP contribution in [0.25, 0.3) is 6.08 Å². The number of aromatic nitrogens is 2. The molecule has 4 nitrogen and oxygen atoms in total. The third-order valence-corrected chi connectivity index (χ3v) is 5.99. The van der Waals surface area contributed by atoms with E-state index in [1.54, 1.807) is 7.11 Å². The number of aromatic amines is 2. The second-order valence-corrected chi connectivity index (χ2v) is 8.60. The van der Waals surface area contributed by atoms with Crippen LogP contribution in [0.15, 0.2) is 95.5 Å². The van der Waals surface area contributed by atoms with Crippen molar-refractivity contribution in [3.05, 3.63) is 135 Å². The highest BCUT2D eigenvalue weighted by Gasteiger charge is 2.18. The zero-order valence-electron chi connectivity index (χ0n) is 18.6. The van der Waals surface area contributed by atoms with E-state index in [0.29, 0.717) is 17.2 Å². The minimum absolute atomic E-state index is 0.236. The normalized spacial score (nSPS) is 14.4. The summed E-state index contributed by atoms with van der Waals surface area (Å²) >= 11 is 6.07. The van der Waals surface area contributed by atoms with Gasteiger partial charge < -0.3 is 14.7 Å². The fourth-order valence-electron chi connectivity index (χ4n) is 4.04. The Balaban J connectivity index is 1.51. The first-order valence-electron chi connectivity index (χ1n) is 11.0. The Hall–Kier alpha value is -3.83. The lowest BCUT2D eigenvalue weighted by Crippen LogP contribution is -1.93. The van der Waals surface area contributed by atoms with Crippen molar-refractivity contribution in [1.82, 2.24) is 9.97 Å². The molecule has 0 amide bonds. The van der Waals surface area contributed by atoms with Crippen molar-refractivity contribution < 1.29 is 9.13 Å². The van der Waals surface area contributed by atoms with Gasteiger partial charge in [-0.05, 0) is 71.7 Å². The van der Waals surface area contributed by atoms with Crippen LogP contribution in [0.3, 0.4) is 0 Å². The maximum atomic E-state index is 13.3. The van der Waals surface area contributed by atoms with Crippen LogP contribution in [-0.4, -0.2) is 22.8 Å². The lowest BCUT2D eigenvalue weighted by molar-refractivity contribution is 0.303. The zero-order chi connectivity index (χ0) is 23.5. The second-order valence-electron chi connectivity index (χ2n) is 8.16. The lowest BCUT2D eigenvalue weighted by Gasteiger charge is -2.04. The van der Waals surface area contributed by atoms with Gasteiger partial charge in [0.1, 0.15) is 17.3 Å². The number of aliphatic imine (C=N–C) groups is 1. The number of hydrogen-bond acceptors (Lipinski definition) is 2. The molecular weight excluding hydrogens is 449 g/mol. The molecule has 0 saturated carbocycles. The molecule has 5 rings (SSSR count). The first-order chi connectivity index (χ1) is 16.6. The van der Waals surface area contributed by atoms with Crippen molar-refractivity contribution in [2.24, 2.45) is 4.99 Å². The molecule has 4 aromatic rings. The van der Waals surface area contributed by atoms with Gasteiger partial charge >= 0.3 is 0 Å². The molecule has 1 aliphatic heterocycles. The summed E-state index contributed by atoms with van der Waals surface area (Å²) in [5, 5.41) is 0.712. The van der Waals surface area contributed by atoms with Crippen LogP contribution in [0.1, 0.15) is 33.8 Å². The molecular formula is C28H23ClFN3O. The van der Waals surface area contributed by atoms with Gasteiger partial charge in [-0.2, -0.15) is 0 Å². The molecule has 34 heavy (non-hydrogen) atoms. The summed E-state index contributed by atoms with van der Waals surface area (Å²) in [6.07, 6.45) is 7.22. The van der Waals surface area contributed by atoms with Crippen LogP contribution in [0, 0.1) is 5.82 Å². The molecule has 0 fully saturated rings. The first kappa shape index (κ1) is 22.0. The van der Waals surface area contributed by atoms with E-state index < -0.39 is 0 Å². The molecule has 1 aliphatic rings. The molecule has 0 unspecified atom stereocenters. The van der Waals surface area contributed by atoms with E-state index in [9.17, 15) is 4.39 Å². The van der Waals surface area contributed by atoms with Gasteiger partial charge in [-0.3, -0.25) is 0 Å². The van der Waals surface area contributed by atoms with Gasteiger partial charge in [0.25, 0.3) is 0 Å². The molecule has 3 heterocycles. The number of H-pyrrole nitrogens is 2. The number of ether oxygens (including phenoxy) is 1. The number of methoxy groups -OCH3 is 1. The molecule has 2 aromatic carbocycles. The molecule has 0 spiro atoms. The van der Waals surface area contributed by atoms with Crippen molar-refractivity contribution in [2.45, 2.75) is 12.8 Å². The summed E-state index contributed by atoms with van der Waals surface area (Å²) in [6, 6.07) is 20.5. The third-order valence-electron chi connectivity index (χ3n) is 5.74. The van der Waals surface area contributed by atoms with E-state index in [2.05, 4.69) is 16.0 Å². The Morgan fingerprint density at radius 2 is 1.74 bits per heavy atom. The fourth-order valence-corrected chi connectivity index (χ4v) is 4.16. The minimum atomic E-state index is -0.236. The number of nitrogens with zero attached hydrogens (tertiary/aromatic N) is 1. The van der Waals surface area contributed by atoms with Crippen LogP contribution in [0.2, 0.25) is 5.02 Å². The van der Waals surface area contributed by atoms with Crippen molar-refractivity contribution in [2.75, 3.05) is 7.11 Å². The zero-order valence-corrected chi connectivity index (χ0v) is 19.4. The molecule has 0 aliphatic carbocycles. The molecule has 0 atom stereocenters. The minimum Gasteiger partial charge on any atom is -0.494 e. The molecule has 0 radical (unpaired) electrons. The van der Waals surface area contributed by atoms with Crippen LogP contribution < -0.4 is 0 Å². The maximum absolute atomic E-state index is 13.3. The van der Waals surface area contributed by atoms with E-state index in [-0.39, 0.29) is 5.82 Å². The SMILES string of the molecule is COC1=CC(c2ccc[nH]2)=N/C1=C\c1[nH]c(Cc2ccc(F)cc2)cc1Cc1ccc(Cl)cc1. The molecule has 6 heteroatoms. The number of benzene rings is 2. The number of hydrogen-bond donors (Lipinski definition) is 2. The van der Waals surface area contributed by atoms with Crippen molar-refractivity contribution in [3.8, 4) is 0 Å². The van der Waals surface area contributed by atoms with Crippen LogP contribution in [0.4, 0.5) is 4.39 Å². The standard InChI is InChI=1S/C28H23ClFN3O/c1-34-28-17-26(24-3-2-12-31-24)33-27(28)16-25-20(13-18-4-8-21(29)9-5-18)15-23(32-25)14-19-6-10-22(30)11-7-19/h2-12,15-17,31-32H,13-14H2,1H3/b27-16-. The Morgan fingerprint density at radius 1 is 1.00 bits per heavy atom. The van der Waals surface area contributed by atoms with Crippen molar-refractivity contribution in [3.63, 3.8) is 0 Å². The molecule has 0 saturated heterocycles. The average molecular weight is 472 g/mol. The number of halogens is 2. The predicted molar refractivity (Wildman–Crippen MR) is 135 cm³/mol. The van der Waals surface area contributed by atoms with E-state index in [4.69, 9.17) is 21.3 Å². The van der Waals surface area contributed by atoms with E-state index in [1.165, 1.54) is 12.1 Å². The van der Waals surface area contributed by atoms with Gasteiger partial charge in [0, 0.05) is 35.1 Å².